The van der Waals surface area contributed by atoms with Crippen molar-refractivity contribution in [3.63, 3.8) is 0 Å². The summed E-state index contributed by atoms with van der Waals surface area (Å²) in [4.78, 5) is 13.7. The third-order valence-electron chi connectivity index (χ3n) is 4.22. The van der Waals surface area contributed by atoms with E-state index in [1.807, 2.05) is 0 Å². The number of carbonyl (C=O) groups excluding carboxylic acids is 1. The van der Waals surface area contributed by atoms with E-state index in [9.17, 15) is 4.79 Å². The summed E-state index contributed by atoms with van der Waals surface area (Å²) >= 11 is 0. The SMILES string of the molecule is CCCNCc1cc(C)ccc1N1CCC(C(N)=O)CC1. The number of nitrogens with two attached hydrogens (primary N) is 1. The smallest absolute Gasteiger partial charge is 0.220 e. The van der Waals surface area contributed by atoms with E-state index < -0.39 is 0 Å². The molecule has 0 unspecified atom stereocenters. The van der Waals surface area contributed by atoms with Gasteiger partial charge in [-0.3, -0.25) is 4.79 Å². The molecule has 1 heterocycles. The monoisotopic (exact) mass is 289 g/mol. The molecule has 3 N–H and O–H groups in total. The molecule has 1 aromatic rings. The number of hydrogen-bond acceptors (Lipinski definition) is 3. The van der Waals surface area contributed by atoms with Gasteiger partial charge < -0.3 is 16.0 Å². The van der Waals surface area contributed by atoms with Gasteiger partial charge in [-0.1, -0.05) is 24.6 Å². The number of amides is 1. The van der Waals surface area contributed by atoms with Gasteiger partial charge >= 0.3 is 0 Å². The minimum absolute atomic E-state index is 0.0494. The molecular weight excluding hydrogens is 262 g/mol. The first-order chi connectivity index (χ1) is 10.1. The van der Waals surface area contributed by atoms with Crippen molar-refractivity contribution in [2.75, 3.05) is 24.5 Å². The molecule has 2 rings (SSSR count). The molecule has 0 aromatic heterocycles. The normalized spacial score (nSPS) is 16.2. The Morgan fingerprint density at radius 1 is 1.38 bits per heavy atom. The van der Waals surface area contributed by atoms with Gasteiger partial charge in [-0.05, 0) is 44.4 Å². The average molecular weight is 289 g/mol. The Bertz CT molecular complexity index is 479. The largest absolute Gasteiger partial charge is 0.371 e. The maximum Gasteiger partial charge on any atom is 0.220 e. The van der Waals surface area contributed by atoms with Crippen LogP contribution in [0.1, 0.15) is 37.3 Å². The number of hydrogen-bond donors (Lipinski definition) is 2. The quantitative estimate of drug-likeness (QED) is 0.789. The maximum atomic E-state index is 11.3. The molecule has 4 nitrogen and oxygen atoms in total. The van der Waals surface area contributed by atoms with Gasteiger partial charge in [0.15, 0.2) is 0 Å². The second-order valence-electron chi connectivity index (χ2n) is 5.97. The average Bonchev–Trinajstić information content (AvgIpc) is 2.48. The molecule has 1 amide bonds. The highest BCUT2D eigenvalue weighted by atomic mass is 16.1. The van der Waals surface area contributed by atoms with Gasteiger partial charge in [0.25, 0.3) is 0 Å². The summed E-state index contributed by atoms with van der Waals surface area (Å²) in [7, 11) is 0. The topological polar surface area (TPSA) is 58.4 Å². The van der Waals surface area contributed by atoms with Gasteiger partial charge in [0.1, 0.15) is 0 Å². The number of nitrogens with one attached hydrogen (secondary N) is 1. The van der Waals surface area contributed by atoms with Gasteiger partial charge in [0.2, 0.25) is 5.91 Å². The Balaban J connectivity index is 2.06. The number of carbonyl (C=O) groups is 1. The van der Waals surface area contributed by atoms with E-state index in [1.54, 1.807) is 0 Å². The van der Waals surface area contributed by atoms with Crippen LogP contribution < -0.4 is 16.0 Å². The first-order valence-corrected chi connectivity index (χ1v) is 7.96. The van der Waals surface area contributed by atoms with E-state index in [1.165, 1.54) is 16.8 Å². The fourth-order valence-corrected chi connectivity index (χ4v) is 2.97. The molecule has 0 radical (unpaired) electrons. The summed E-state index contributed by atoms with van der Waals surface area (Å²) in [6.07, 6.45) is 2.88. The lowest BCUT2D eigenvalue weighted by molar-refractivity contribution is -0.122. The van der Waals surface area contributed by atoms with Gasteiger partial charge in [0.05, 0.1) is 0 Å². The van der Waals surface area contributed by atoms with E-state index in [0.29, 0.717) is 0 Å². The number of aryl methyl sites for hydroxylation is 1. The van der Waals surface area contributed by atoms with E-state index in [0.717, 1.165) is 45.4 Å². The second kappa shape index (κ2) is 7.46. The Morgan fingerprint density at radius 2 is 2.10 bits per heavy atom. The highest BCUT2D eigenvalue weighted by Gasteiger charge is 2.24. The molecule has 0 aliphatic carbocycles. The Labute approximate surface area is 127 Å². The van der Waals surface area contributed by atoms with Crippen molar-refractivity contribution >= 4 is 11.6 Å². The number of piperidine rings is 1. The van der Waals surface area contributed by atoms with Crippen LogP contribution in [0.4, 0.5) is 5.69 Å². The van der Waals surface area contributed by atoms with Gasteiger partial charge in [0, 0.05) is 31.2 Å². The lowest BCUT2D eigenvalue weighted by Gasteiger charge is -2.34. The molecule has 0 saturated carbocycles. The van der Waals surface area contributed by atoms with Gasteiger partial charge in [-0.15, -0.1) is 0 Å². The molecule has 1 aliphatic heterocycles. The molecule has 0 atom stereocenters. The minimum atomic E-state index is -0.150. The summed E-state index contributed by atoms with van der Waals surface area (Å²) in [6.45, 7) is 8.08. The first kappa shape index (κ1) is 15.8. The van der Waals surface area contributed by atoms with Crippen LogP contribution in [0.3, 0.4) is 0 Å². The predicted octanol–water partition coefficient (Wildman–Crippen LogP) is 2.20. The molecule has 116 valence electrons. The van der Waals surface area contributed by atoms with Crippen LogP contribution in [0.15, 0.2) is 18.2 Å². The van der Waals surface area contributed by atoms with Crippen LogP contribution in [0.2, 0.25) is 0 Å². The molecule has 21 heavy (non-hydrogen) atoms. The first-order valence-electron chi connectivity index (χ1n) is 7.96. The standard InChI is InChI=1S/C17H27N3O/c1-3-8-19-12-15-11-13(2)4-5-16(15)20-9-6-14(7-10-20)17(18)21/h4-5,11,14,19H,3,6-10,12H2,1-2H3,(H2,18,21). The number of rotatable bonds is 6. The number of primary amides is 1. The minimum Gasteiger partial charge on any atom is -0.371 e. The zero-order valence-corrected chi connectivity index (χ0v) is 13.2. The fourth-order valence-electron chi connectivity index (χ4n) is 2.97. The highest BCUT2D eigenvalue weighted by Crippen LogP contribution is 2.27. The summed E-state index contributed by atoms with van der Waals surface area (Å²) in [6, 6.07) is 6.64. The van der Waals surface area contributed by atoms with Crippen molar-refractivity contribution in [1.82, 2.24) is 5.32 Å². The zero-order valence-electron chi connectivity index (χ0n) is 13.2. The Morgan fingerprint density at radius 3 is 2.71 bits per heavy atom. The molecule has 1 saturated heterocycles. The lowest BCUT2D eigenvalue weighted by atomic mass is 9.95. The molecule has 0 spiro atoms. The van der Waals surface area contributed by atoms with Crippen molar-refractivity contribution < 1.29 is 4.79 Å². The maximum absolute atomic E-state index is 11.3. The van der Waals surface area contributed by atoms with E-state index >= 15 is 0 Å². The van der Waals surface area contributed by atoms with Crippen LogP contribution in [-0.2, 0) is 11.3 Å². The van der Waals surface area contributed by atoms with Crippen molar-refractivity contribution in [1.29, 1.82) is 0 Å². The number of benzene rings is 1. The molecular formula is C17H27N3O. The Hall–Kier alpha value is -1.55. The summed E-state index contributed by atoms with van der Waals surface area (Å²) < 4.78 is 0. The zero-order chi connectivity index (χ0) is 15.2. The van der Waals surface area contributed by atoms with E-state index in [2.05, 4.69) is 42.3 Å². The van der Waals surface area contributed by atoms with E-state index in [-0.39, 0.29) is 11.8 Å². The fraction of sp³-hybridized carbons (Fsp3) is 0.588. The number of nitrogens with zero attached hydrogens (tertiary/aromatic N) is 1. The summed E-state index contributed by atoms with van der Waals surface area (Å²) in [5.41, 5.74) is 9.35. The van der Waals surface area contributed by atoms with Gasteiger partial charge in [-0.25, -0.2) is 0 Å². The summed E-state index contributed by atoms with van der Waals surface area (Å²) in [5.74, 6) is -0.100. The van der Waals surface area contributed by atoms with Crippen molar-refractivity contribution in [2.24, 2.45) is 11.7 Å². The lowest BCUT2D eigenvalue weighted by Crippen LogP contribution is -2.39. The van der Waals surface area contributed by atoms with E-state index in [4.69, 9.17) is 5.73 Å². The van der Waals surface area contributed by atoms with Crippen molar-refractivity contribution in [3.8, 4) is 0 Å². The van der Waals surface area contributed by atoms with Crippen LogP contribution in [-0.4, -0.2) is 25.5 Å². The summed E-state index contributed by atoms with van der Waals surface area (Å²) in [5, 5.41) is 3.48. The van der Waals surface area contributed by atoms with Crippen LogP contribution in [0.5, 0.6) is 0 Å². The molecule has 1 aromatic carbocycles. The van der Waals surface area contributed by atoms with Crippen LogP contribution in [0, 0.1) is 12.8 Å². The molecule has 4 heteroatoms. The molecule has 1 aliphatic rings. The second-order valence-corrected chi connectivity index (χ2v) is 5.97. The Kier molecular flexibility index (Phi) is 5.62. The highest BCUT2D eigenvalue weighted by molar-refractivity contribution is 5.77. The predicted molar refractivity (Wildman–Crippen MR) is 87.3 cm³/mol. The van der Waals surface area contributed by atoms with Crippen molar-refractivity contribution in [2.45, 2.75) is 39.7 Å². The number of anilines is 1. The van der Waals surface area contributed by atoms with Gasteiger partial charge in [-0.2, -0.15) is 0 Å². The van der Waals surface area contributed by atoms with Crippen LogP contribution >= 0.6 is 0 Å². The molecule has 1 fully saturated rings. The third-order valence-corrected chi connectivity index (χ3v) is 4.22. The van der Waals surface area contributed by atoms with Crippen LogP contribution in [0.25, 0.3) is 0 Å². The molecule has 0 bridgehead atoms. The third kappa shape index (κ3) is 4.21. The van der Waals surface area contributed by atoms with Crippen molar-refractivity contribution in [3.05, 3.63) is 29.3 Å².